The van der Waals surface area contributed by atoms with E-state index in [1.165, 1.54) is 5.56 Å². The van der Waals surface area contributed by atoms with Crippen molar-refractivity contribution in [3.05, 3.63) is 59.4 Å². The summed E-state index contributed by atoms with van der Waals surface area (Å²) in [5.41, 5.74) is 5.82. The highest BCUT2D eigenvalue weighted by Crippen LogP contribution is 2.14. The van der Waals surface area contributed by atoms with E-state index in [-0.39, 0.29) is 5.91 Å². The van der Waals surface area contributed by atoms with Gasteiger partial charge >= 0.3 is 0 Å². The number of carbonyl (C=O) groups excluding carboxylic acids is 1. The molecular formula is C16H20N4O. The molecule has 110 valence electrons. The molecule has 21 heavy (non-hydrogen) atoms. The van der Waals surface area contributed by atoms with Crippen LogP contribution in [0, 0.1) is 0 Å². The van der Waals surface area contributed by atoms with Gasteiger partial charge in [0.05, 0.1) is 5.69 Å². The smallest absolute Gasteiger partial charge is 0.270 e. The van der Waals surface area contributed by atoms with Gasteiger partial charge in [-0.2, -0.15) is 0 Å². The van der Waals surface area contributed by atoms with Crippen molar-refractivity contribution < 1.29 is 4.79 Å². The largest absolute Gasteiger partial charge is 0.347 e. The lowest BCUT2D eigenvalue weighted by Crippen LogP contribution is -2.24. The van der Waals surface area contributed by atoms with Gasteiger partial charge in [-0.3, -0.25) is 15.6 Å². The first-order valence-corrected chi connectivity index (χ1v) is 6.90. The van der Waals surface area contributed by atoms with E-state index < -0.39 is 0 Å². The van der Waals surface area contributed by atoms with E-state index in [2.05, 4.69) is 41.7 Å². The number of aromatic nitrogens is 1. The number of pyridine rings is 1. The second-order valence-electron chi connectivity index (χ2n) is 5.15. The van der Waals surface area contributed by atoms with Gasteiger partial charge in [0.15, 0.2) is 0 Å². The minimum Gasteiger partial charge on any atom is -0.347 e. The molecular weight excluding hydrogens is 264 g/mol. The van der Waals surface area contributed by atoms with Crippen molar-refractivity contribution in [2.24, 2.45) is 5.84 Å². The topological polar surface area (TPSA) is 80.0 Å². The van der Waals surface area contributed by atoms with Crippen LogP contribution in [0.15, 0.2) is 42.6 Å². The van der Waals surface area contributed by atoms with Gasteiger partial charge in [-0.15, -0.1) is 0 Å². The zero-order chi connectivity index (χ0) is 15.2. The minimum atomic E-state index is -0.222. The van der Waals surface area contributed by atoms with Gasteiger partial charge in [-0.25, -0.2) is 0 Å². The summed E-state index contributed by atoms with van der Waals surface area (Å²) in [7, 11) is 0. The molecule has 2 rings (SSSR count). The average Bonchev–Trinajstić information content (AvgIpc) is 2.53. The fourth-order valence-corrected chi connectivity index (χ4v) is 1.94. The fourth-order valence-electron chi connectivity index (χ4n) is 1.94. The van der Waals surface area contributed by atoms with Crippen molar-refractivity contribution >= 4 is 11.6 Å². The van der Waals surface area contributed by atoms with Gasteiger partial charge in [0.1, 0.15) is 5.69 Å². The third-order valence-corrected chi connectivity index (χ3v) is 3.26. The van der Waals surface area contributed by atoms with Gasteiger partial charge in [0.2, 0.25) is 0 Å². The first-order chi connectivity index (χ1) is 10.1. The summed E-state index contributed by atoms with van der Waals surface area (Å²) in [5.74, 6) is 5.59. The Bertz CT molecular complexity index is 608. The highest BCUT2D eigenvalue weighted by Gasteiger charge is 2.07. The van der Waals surface area contributed by atoms with Crippen molar-refractivity contribution in [2.45, 2.75) is 26.3 Å². The van der Waals surface area contributed by atoms with Gasteiger partial charge < -0.3 is 10.7 Å². The molecule has 0 saturated heterocycles. The SMILES string of the molecule is CC(C)c1ccc(CNC(=O)c2cc(NN)ccn2)cc1. The number of anilines is 1. The number of nitrogen functional groups attached to an aromatic ring is 1. The van der Waals surface area contributed by atoms with Crippen LogP contribution in [0.5, 0.6) is 0 Å². The van der Waals surface area contributed by atoms with Gasteiger partial charge in [-0.05, 0) is 29.2 Å². The fraction of sp³-hybridized carbons (Fsp3) is 0.250. The molecule has 1 heterocycles. The quantitative estimate of drug-likeness (QED) is 0.582. The molecule has 0 spiro atoms. The van der Waals surface area contributed by atoms with E-state index in [4.69, 9.17) is 5.84 Å². The van der Waals surface area contributed by atoms with E-state index >= 15 is 0 Å². The van der Waals surface area contributed by atoms with E-state index in [0.717, 1.165) is 5.56 Å². The number of benzene rings is 1. The van der Waals surface area contributed by atoms with Crippen molar-refractivity contribution in [3.8, 4) is 0 Å². The molecule has 1 aromatic carbocycles. The Hall–Kier alpha value is -2.40. The van der Waals surface area contributed by atoms with Crippen LogP contribution in [0.4, 0.5) is 5.69 Å². The summed E-state index contributed by atoms with van der Waals surface area (Å²) in [6.07, 6.45) is 1.54. The van der Waals surface area contributed by atoms with E-state index in [9.17, 15) is 4.79 Å². The first-order valence-electron chi connectivity index (χ1n) is 6.90. The molecule has 0 radical (unpaired) electrons. The highest BCUT2D eigenvalue weighted by atomic mass is 16.1. The van der Waals surface area contributed by atoms with Crippen LogP contribution in [0.25, 0.3) is 0 Å². The number of hydrogen-bond donors (Lipinski definition) is 3. The summed E-state index contributed by atoms with van der Waals surface area (Å²) in [5, 5.41) is 2.85. The molecule has 0 aliphatic carbocycles. The maximum atomic E-state index is 12.0. The zero-order valence-corrected chi connectivity index (χ0v) is 12.3. The van der Waals surface area contributed by atoms with Crippen molar-refractivity contribution in [1.82, 2.24) is 10.3 Å². The molecule has 0 aliphatic heterocycles. The van der Waals surface area contributed by atoms with Crippen molar-refractivity contribution in [3.63, 3.8) is 0 Å². The van der Waals surface area contributed by atoms with Gasteiger partial charge in [-0.1, -0.05) is 38.1 Å². The number of nitrogens with one attached hydrogen (secondary N) is 2. The number of amides is 1. The maximum absolute atomic E-state index is 12.0. The predicted molar refractivity (Wildman–Crippen MR) is 83.7 cm³/mol. The normalized spacial score (nSPS) is 10.5. The molecule has 5 heteroatoms. The van der Waals surface area contributed by atoms with Crippen LogP contribution in [0.3, 0.4) is 0 Å². The Morgan fingerprint density at radius 1 is 1.24 bits per heavy atom. The second kappa shape index (κ2) is 6.85. The van der Waals surface area contributed by atoms with Crippen molar-refractivity contribution in [1.29, 1.82) is 0 Å². The summed E-state index contributed by atoms with van der Waals surface area (Å²) in [6.45, 7) is 4.78. The number of nitrogens with two attached hydrogens (primary N) is 1. The Morgan fingerprint density at radius 2 is 1.95 bits per heavy atom. The summed E-state index contributed by atoms with van der Waals surface area (Å²) in [4.78, 5) is 16.0. The molecule has 0 fully saturated rings. The lowest BCUT2D eigenvalue weighted by atomic mass is 10.0. The molecule has 4 N–H and O–H groups in total. The predicted octanol–water partition coefficient (Wildman–Crippen LogP) is 2.42. The lowest BCUT2D eigenvalue weighted by Gasteiger charge is -2.08. The summed E-state index contributed by atoms with van der Waals surface area (Å²) in [6, 6.07) is 11.5. The Labute approximate surface area is 124 Å². The monoisotopic (exact) mass is 284 g/mol. The molecule has 1 amide bonds. The zero-order valence-electron chi connectivity index (χ0n) is 12.3. The molecule has 5 nitrogen and oxygen atoms in total. The lowest BCUT2D eigenvalue weighted by molar-refractivity contribution is 0.0946. The van der Waals surface area contributed by atoms with Crippen LogP contribution in [0.2, 0.25) is 0 Å². The van der Waals surface area contributed by atoms with E-state index in [1.54, 1.807) is 18.3 Å². The number of carbonyl (C=O) groups is 1. The first kappa shape index (κ1) is 15.0. The molecule has 0 bridgehead atoms. The molecule has 1 aromatic heterocycles. The van der Waals surface area contributed by atoms with Crippen LogP contribution in [-0.4, -0.2) is 10.9 Å². The molecule has 0 saturated carbocycles. The molecule has 2 aromatic rings. The Kier molecular flexibility index (Phi) is 4.90. The Morgan fingerprint density at radius 3 is 2.57 bits per heavy atom. The average molecular weight is 284 g/mol. The standard InChI is InChI=1S/C16H20N4O/c1-11(2)13-5-3-12(4-6-13)10-19-16(21)15-9-14(20-17)7-8-18-15/h3-9,11H,10,17H2,1-2H3,(H,18,20)(H,19,21). The maximum Gasteiger partial charge on any atom is 0.270 e. The Balaban J connectivity index is 1.97. The van der Waals surface area contributed by atoms with Gasteiger partial charge in [0.25, 0.3) is 5.91 Å². The number of nitrogens with zero attached hydrogens (tertiary/aromatic N) is 1. The van der Waals surface area contributed by atoms with E-state index in [0.29, 0.717) is 23.8 Å². The van der Waals surface area contributed by atoms with Gasteiger partial charge in [0, 0.05) is 12.7 Å². The van der Waals surface area contributed by atoms with Crippen LogP contribution in [0.1, 0.15) is 41.4 Å². The second-order valence-corrected chi connectivity index (χ2v) is 5.15. The number of hydrogen-bond acceptors (Lipinski definition) is 4. The van der Waals surface area contributed by atoms with E-state index in [1.807, 2.05) is 12.1 Å². The summed E-state index contributed by atoms with van der Waals surface area (Å²) >= 11 is 0. The third kappa shape index (κ3) is 4.03. The van der Waals surface area contributed by atoms with Crippen molar-refractivity contribution in [2.75, 3.05) is 5.43 Å². The van der Waals surface area contributed by atoms with Crippen LogP contribution < -0.4 is 16.6 Å². The molecule has 0 atom stereocenters. The van der Waals surface area contributed by atoms with Crippen LogP contribution >= 0.6 is 0 Å². The highest BCUT2D eigenvalue weighted by molar-refractivity contribution is 5.93. The third-order valence-electron chi connectivity index (χ3n) is 3.26. The summed E-state index contributed by atoms with van der Waals surface area (Å²) < 4.78 is 0. The number of rotatable bonds is 5. The molecule has 0 unspecified atom stereocenters. The minimum absolute atomic E-state index is 0.222. The van der Waals surface area contributed by atoms with Crippen LogP contribution in [-0.2, 0) is 6.54 Å². The number of hydrazine groups is 1. The molecule has 0 aliphatic rings.